The lowest BCUT2D eigenvalue weighted by molar-refractivity contribution is 0.263. The number of nitrogen functional groups attached to an aromatic ring is 1. The van der Waals surface area contributed by atoms with Crippen molar-refractivity contribution in [1.29, 1.82) is 0 Å². The zero-order valence-electron chi connectivity index (χ0n) is 11.8. The van der Waals surface area contributed by atoms with Gasteiger partial charge in [-0.25, -0.2) is 4.98 Å². The normalized spacial score (nSPS) is 16.2. The number of fused-ring (bicyclic) bond motifs is 1. The van der Waals surface area contributed by atoms with Crippen LogP contribution in [0.1, 0.15) is 25.1 Å². The molecule has 3 rings (SSSR count). The number of rotatable bonds is 5. The van der Waals surface area contributed by atoms with Crippen LogP contribution in [-0.2, 0) is 13.2 Å². The summed E-state index contributed by atoms with van der Waals surface area (Å²) in [4.78, 5) is 6.97. The van der Waals surface area contributed by atoms with Gasteiger partial charge in [0.2, 0.25) is 0 Å². The topological polar surface area (TPSA) is 67.3 Å². The number of aliphatic hydroxyl groups excluding tert-OH is 1. The van der Waals surface area contributed by atoms with Crippen molar-refractivity contribution in [3.8, 4) is 0 Å². The Balaban J connectivity index is 1.75. The van der Waals surface area contributed by atoms with E-state index in [9.17, 15) is 5.11 Å². The molecule has 20 heavy (non-hydrogen) atoms. The zero-order valence-corrected chi connectivity index (χ0v) is 11.8. The van der Waals surface area contributed by atoms with Crippen LogP contribution in [0.3, 0.4) is 0 Å². The number of hydrogen-bond donors (Lipinski definition) is 2. The van der Waals surface area contributed by atoms with Crippen molar-refractivity contribution in [2.45, 2.75) is 32.4 Å². The summed E-state index contributed by atoms with van der Waals surface area (Å²) in [6.45, 7) is 4.45. The van der Waals surface area contributed by atoms with Gasteiger partial charge in [0.15, 0.2) is 0 Å². The highest BCUT2D eigenvalue weighted by atomic mass is 16.3. The minimum atomic E-state index is -0.0295. The highest BCUT2D eigenvalue weighted by Crippen LogP contribution is 2.20. The number of imidazole rings is 1. The van der Waals surface area contributed by atoms with E-state index in [2.05, 4.69) is 14.5 Å². The molecule has 5 nitrogen and oxygen atoms in total. The summed E-state index contributed by atoms with van der Waals surface area (Å²) in [6, 6.07) is 5.75. The summed E-state index contributed by atoms with van der Waals surface area (Å²) < 4.78 is 2.12. The van der Waals surface area contributed by atoms with Gasteiger partial charge in [-0.1, -0.05) is 0 Å². The molecule has 0 spiro atoms. The second-order valence-corrected chi connectivity index (χ2v) is 5.49. The molecule has 1 saturated heterocycles. The Morgan fingerprint density at radius 2 is 2.00 bits per heavy atom. The Hall–Kier alpha value is -1.59. The third kappa shape index (κ3) is 2.64. The van der Waals surface area contributed by atoms with E-state index in [1.165, 1.54) is 25.9 Å². The van der Waals surface area contributed by atoms with E-state index in [-0.39, 0.29) is 6.61 Å². The van der Waals surface area contributed by atoms with Crippen molar-refractivity contribution in [3.63, 3.8) is 0 Å². The second kappa shape index (κ2) is 5.81. The molecule has 5 heteroatoms. The predicted molar refractivity (Wildman–Crippen MR) is 80.4 cm³/mol. The lowest BCUT2D eigenvalue weighted by Crippen LogP contribution is -2.21. The number of likely N-dealkylation sites (tertiary alicyclic amines) is 1. The van der Waals surface area contributed by atoms with Crippen LogP contribution in [0.5, 0.6) is 0 Å². The van der Waals surface area contributed by atoms with Gasteiger partial charge in [0.25, 0.3) is 0 Å². The number of aliphatic hydroxyl groups is 1. The van der Waals surface area contributed by atoms with Crippen LogP contribution in [0, 0.1) is 0 Å². The van der Waals surface area contributed by atoms with Gasteiger partial charge in [-0.2, -0.15) is 0 Å². The van der Waals surface area contributed by atoms with E-state index < -0.39 is 0 Å². The van der Waals surface area contributed by atoms with Crippen molar-refractivity contribution in [3.05, 3.63) is 24.0 Å². The van der Waals surface area contributed by atoms with Gasteiger partial charge in [-0.05, 0) is 57.1 Å². The number of nitrogens with two attached hydrogens (primary N) is 1. The minimum absolute atomic E-state index is 0.0295. The molecule has 0 radical (unpaired) electrons. The Labute approximate surface area is 119 Å². The molecule has 2 heterocycles. The molecule has 1 aromatic heterocycles. The molecule has 0 saturated carbocycles. The van der Waals surface area contributed by atoms with Crippen LogP contribution < -0.4 is 5.73 Å². The summed E-state index contributed by atoms with van der Waals surface area (Å²) >= 11 is 0. The maximum Gasteiger partial charge on any atom is 0.135 e. The number of hydrogen-bond acceptors (Lipinski definition) is 4. The molecule has 108 valence electrons. The molecule has 1 aliphatic heterocycles. The zero-order chi connectivity index (χ0) is 13.9. The molecule has 1 fully saturated rings. The van der Waals surface area contributed by atoms with Gasteiger partial charge in [0, 0.05) is 12.2 Å². The summed E-state index contributed by atoms with van der Waals surface area (Å²) in [5.74, 6) is 0.729. The van der Waals surface area contributed by atoms with Crippen LogP contribution in [-0.4, -0.2) is 39.2 Å². The van der Waals surface area contributed by atoms with Gasteiger partial charge in [-0.3, -0.25) is 0 Å². The van der Waals surface area contributed by atoms with Gasteiger partial charge in [-0.15, -0.1) is 0 Å². The number of benzene rings is 1. The Bertz CT molecular complexity index is 587. The largest absolute Gasteiger partial charge is 0.399 e. The average Bonchev–Trinajstić information content (AvgIpc) is 3.06. The highest BCUT2D eigenvalue weighted by Gasteiger charge is 2.13. The number of aromatic nitrogens is 2. The van der Waals surface area contributed by atoms with Crippen molar-refractivity contribution in [2.24, 2.45) is 0 Å². The van der Waals surface area contributed by atoms with Crippen molar-refractivity contribution >= 4 is 16.7 Å². The predicted octanol–water partition coefficient (Wildman–Crippen LogP) is 1.60. The fourth-order valence-electron chi connectivity index (χ4n) is 3.03. The summed E-state index contributed by atoms with van der Waals surface area (Å²) in [5, 5.41) is 9.47. The first-order valence-electron chi connectivity index (χ1n) is 7.36. The fraction of sp³-hybridized carbons (Fsp3) is 0.533. The first kappa shape index (κ1) is 13.4. The average molecular weight is 274 g/mol. The van der Waals surface area contributed by atoms with Gasteiger partial charge >= 0.3 is 0 Å². The molecule has 0 atom stereocenters. The van der Waals surface area contributed by atoms with Crippen LogP contribution in [0.4, 0.5) is 5.69 Å². The highest BCUT2D eigenvalue weighted by molar-refractivity contribution is 5.79. The number of anilines is 1. The molecule has 3 N–H and O–H groups in total. The monoisotopic (exact) mass is 274 g/mol. The minimum Gasteiger partial charge on any atom is -0.399 e. The van der Waals surface area contributed by atoms with Crippen LogP contribution in [0.15, 0.2) is 18.2 Å². The van der Waals surface area contributed by atoms with E-state index in [0.29, 0.717) is 5.69 Å². The van der Waals surface area contributed by atoms with Gasteiger partial charge in [0.05, 0.1) is 11.0 Å². The van der Waals surface area contributed by atoms with Crippen molar-refractivity contribution in [2.75, 3.05) is 25.4 Å². The van der Waals surface area contributed by atoms with E-state index in [0.717, 1.165) is 36.4 Å². The van der Waals surface area contributed by atoms with E-state index in [1.807, 2.05) is 18.2 Å². The number of nitrogens with zero attached hydrogens (tertiary/aromatic N) is 3. The molecule has 0 unspecified atom stereocenters. The molecule has 2 aromatic rings. The van der Waals surface area contributed by atoms with Gasteiger partial charge < -0.3 is 20.3 Å². The SMILES string of the molecule is Nc1ccc2c(c1)nc(CO)n2CCCN1CCCC1. The van der Waals surface area contributed by atoms with E-state index in [4.69, 9.17) is 5.73 Å². The third-order valence-corrected chi connectivity index (χ3v) is 4.05. The molecule has 0 bridgehead atoms. The number of aryl methyl sites for hydroxylation is 1. The van der Waals surface area contributed by atoms with E-state index >= 15 is 0 Å². The molecule has 0 aliphatic carbocycles. The summed E-state index contributed by atoms with van der Waals surface area (Å²) in [7, 11) is 0. The first-order chi connectivity index (χ1) is 9.78. The van der Waals surface area contributed by atoms with Crippen molar-refractivity contribution < 1.29 is 5.11 Å². The molecular weight excluding hydrogens is 252 g/mol. The summed E-state index contributed by atoms with van der Waals surface area (Å²) in [5.41, 5.74) is 8.43. The fourth-order valence-corrected chi connectivity index (χ4v) is 3.03. The smallest absolute Gasteiger partial charge is 0.135 e. The Kier molecular flexibility index (Phi) is 3.89. The van der Waals surface area contributed by atoms with Crippen LogP contribution in [0.25, 0.3) is 11.0 Å². The first-order valence-corrected chi connectivity index (χ1v) is 7.36. The standard InChI is InChI=1S/C15H22N4O/c16-12-4-5-14-13(10-12)17-15(11-20)19(14)9-3-8-18-6-1-2-7-18/h4-5,10,20H,1-3,6-9,11,16H2. The maximum atomic E-state index is 9.47. The van der Waals surface area contributed by atoms with Crippen molar-refractivity contribution in [1.82, 2.24) is 14.5 Å². The lowest BCUT2D eigenvalue weighted by atomic mass is 10.2. The maximum absolute atomic E-state index is 9.47. The Morgan fingerprint density at radius 3 is 2.75 bits per heavy atom. The van der Waals surface area contributed by atoms with Crippen LogP contribution in [0.2, 0.25) is 0 Å². The second-order valence-electron chi connectivity index (χ2n) is 5.49. The molecule has 1 aliphatic rings. The quantitative estimate of drug-likeness (QED) is 0.813. The van der Waals surface area contributed by atoms with Gasteiger partial charge in [0.1, 0.15) is 12.4 Å². The Morgan fingerprint density at radius 1 is 1.20 bits per heavy atom. The lowest BCUT2D eigenvalue weighted by Gasteiger charge is -2.15. The van der Waals surface area contributed by atoms with Crippen LogP contribution >= 0.6 is 0 Å². The van der Waals surface area contributed by atoms with E-state index in [1.54, 1.807) is 0 Å². The molecule has 1 aromatic carbocycles. The molecular formula is C15H22N4O. The summed E-state index contributed by atoms with van der Waals surface area (Å²) in [6.07, 6.45) is 3.74. The molecule has 0 amide bonds. The third-order valence-electron chi connectivity index (χ3n) is 4.05.